The molecule has 104 valence electrons. The van der Waals surface area contributed by atoms with Gasteiger partial charge in [-0.2, -0.15) is 0 Å². The van der Waals surface area contributed by atoms with Gasteiger partial charge in [0.05, 0.1) is 12.1 Å². The van der Waals surface area contributed by atoms with Gasteiger partial charge in [-0.05, 0) is 36.3 Å². The lowest BCUT2D eigenvalue weighted by Crippen LogP contribution is -2.43. The summed E-state index contributed by atoms with van der Waals surface area (Å²) in [7, 11) is 1.88. The second-order valence-electron chi connectivity index (χ2n) is 5.94. The van der Waals surface area contributed by atoms with Crippen LogP contribution >= 0.6 is 0 Å². The van der Waals surface area contributed by atoms with E-state index in [1.165, 1.54) is 11.1 Å². The fraction of sp³-hybridized carbons (Fsp3) is 0.562. The number of likely N-dealkylation sites (N-methyl/N-ethyl adjacent to an activating group) is 1. The van der Waals surface area contributed by atoms with Crippen LogP contribution in [0, 0.1) is 5.92 Å². The molecule has 2 N–H and O–H groups in total. The van der Waals surface area contributed by atoms with E-state index in [0.29, 0.717) is 5.92 Å². The average Bonchev–Trinajstić information content (AvgIpc) is 2.80. The maximum Gasteiger partial charge on any atom is 0.239 e. The van der Waals surface area contributed by atoms with Crippen LogP contribution in [0.4, 0.5) is 0 Å². The van der Waals surface area contributed by atoms with Gasteiger partial charge in [-0.25, -0.2) is 0 Å². The molecule has 3 heteroatoms. The maximum atomic E-state index is 12.4. The highest BCUT2D eigenvalue weighted by Gasteiger charge is 2.30. The van der Waals surface area contributed by atoms with Crippen LogP contribution < -0.4 is 5.73 Å². The first-order chi connectivity index (χ1) is 9.00. The number of nitrogens with zero attached hydrogens (tertiary/aromatic N) is 1. The van der Waals surface area contributed by atoms with Crippen LogP contribution in [0.1, 0.15) is 43.9 Å². The second-order valence-corrected chi connectivity index (χ2v) is 5.94. The Kier molecular flexibility index (Phi) is 4.25. The summed E-state index contributed by atoms with van der Waals surface area (Å²) in [5.74, 6) is 0.513. The van der Waals surface area contributed by atoms with Crippen molar-refractivity contribution in [3.63, 3.8) is 0 Å². The normalized spacial score (nSPS) is 19.3. The number of nitrogens with two attached hydrogens (primary N) is 1. The van der Waals surface area contributed by atoms with Gasteiger partial charge >= 0.3 is 0 Å². The van der Waals surface area contributed by atoms with Crippen molar-refractivity contribution in [3.8, 4) is 0 Å². The molecule has 0 spiro atoms. The van der Waals surface area contributed by atoms with E-state index in [2.05, 4.69) is 32.0 Å². The van der Waals surface area contributed by atoms with E-state index in [1.807, 2.05) is 18.0 Å². The monoisotopic (exact) mass is 260 g/mol. The van der Waals surface area contributed by atoms with Crippen molar-refractivity contribution >= 4 is 5.91 Å². The van der Waals surface area contributed by atoms with Gasteiger partial charge in [-0.3, -0.25) is 4.79 Å². The molecule has 0 saturated carbocycles. The van der Waals surface area contributed by atoms with Crippen LogP contribution in [0.5, 0.6) is 0 Å². The molecule has 1 amide bonds. The molecule has 1 aliphatic rings. The molecule has 0 saturated heterocycles. The Balaban J connectivity index is 2.09. The first-order valence-electron chi connectivity index (χ1n) is 7.10. The van der Waals surface area contributed by atoms with Gasteiger partial charge in [-0.15, -0.1) is 0 Å². The largest absolute Gasteiger partial charge is 0.337 e. The zero-order valence-corrected chi connectivity index (χ0v) is 12.1. The third-order valence-corrected chi connectivity index (χ3v) is 3.96. The van der Waals surface area contributed by atoms with E-state index in [-0.39, 0.29) is 18.0 Å². The van der Waals surface area contributed by atoms with E-state index < -0.39 is 0 Å². The predicted molar refractivity (Wildman–Crippen MR) is 77.7 cm³/mol. The highest BCUT2D eigenvalue weighted by molar-refractivity contribution is 5.82. The number of carbonyl (C=O) groups excluding carboxylic acids is 1. The molecule has 0 aromatic heterocycles. The summed E-state index contributed by atoms with van der Waals surface area (Å²) in [6.07, 6.45) is 2.81. The minimum Gasteiger partial charge on any atom is -0.337 e. The van der Waals surface area contributed by atoms with Gasteiger partial charge in [0.15, 0.2) is 0 Å². The number of carbonyl (C=O) groups is 1. The quantitative estimate of drug-likeness (QED) is 0.904. The van der Waals surface area contributed by atoms with Gasteiger partial charge in [0, 0.05) is 7.05 Å². The highest BCUT2D eigenvalue weighted by Crippen LogP contribution is 2.35. The first kappa shape index (κ1) is 14.1. The third kappa shape index (κ3) is 2.98. The molecule has 3 nitrogen and oxygen atoms in total. The molecular weight excluding hydrogens is 236 g/mol. The SMILES string of the molecule is CC(C)CC(N)C(=O)N(C)C1CCc2ccccc21. The lowest BCUT2D eigenvalue weighted by molar-refractivity contribution is -0.133. The first-order valence-corrected chi connectivity index (χ1v) is 7.10. The fourth-order valence-corrected chi connectivity index (χ4v) is 2.96. The summed E-state index contributed by atoms with van der Waals surface area (Å²) < 4.78 is 0. The molecule has 0 radical (unpaired) electrons. The molecule has 1 aliphatic carbocycles. The average molecular weight is 260 g/mol. The molecule has 0 aliphatic heterocycles. The molecular formula is C16H24N2O. The predicted octanol–water partition coefficient (Wildman–Crippen LogP) is 2.51. The topological polar surface area (TPSA) is 46.3 Å². The van der Waals surface area contributed by atoms with Crippen molar-refractivity contribution in [3.05, 3.63) is 35.4 Å². The van der Waals surface area contributed by atoms with Crippen molar-refractivity contribution in [2.75, 3.05) is 7.05 Å². The second kappa shape index (κ2) is 5.74. The number of hydrogen-bond acceptors (Lipinski definition) is 2. The van der Waals surface area contributed by atoms with Crippen molar-refractivity contribution in [1.29, 1.82) is 0 Å². The van der Waals surface area contributed by atoms with Crippen molar-refractivity contribution in [1.82, 2.24) is 4.90 Å². The lowest BCUT2D eigenvalue weighted by Gasteiger charge is -2.28. The van der Waals surface area contributed by atoms with Crippen LogP contribution in [0.15, 0.2) is 24.3 Å². The highest BCUT2D eigenvalue weighted by atomic mass is 16.2. The molecule has 2 atom stereocenters. The van der Waals surface area contributed by atoms with Crippen molar-refractivity contribution in [2.45, 2.75) is 45.2 Å². The summed E-state index contributed by atoms with van der Waals surface area (Å²) in [4.78, 5) is 14.2. The number of amides is 1. The summed E-state index contributed by atoms with van der Waals surface area (Å²) in [5.41, 5.74) is 8.67. The Labute approximate surface area is 115 Å². The van der Waals surface area contributed by atoms with Gasteiger partial charge in [0.2, 0.25) is 5.91 Å². The molecule has 0 heterocycles. The van der Waals surface area contributed by atoms with E-state index in [4.69, 9.17) is 5.73 Å². The number of aryl methyl sites for hydroxylation is 1. The molecule has 0 fully saturated rings. The minimum atomic E-state index is -0.377. The Morgan fingerprint density at radius 1 is 1.42 bits per heavy atom. The summed E-state index contributed by atoms with van der Waals surface area (Å²) in [5, 5.41) is 0. The number of rotatable bonds is 4. The Hall–Kier alpha value is -1.35. The molecule has 2 rings (SSSR count). The van der Waals surface area contributed by atoms with Gasteiger partial charge in [0.25, 0.3) is 0 Å². The molecule has 19 heavy (non-hydrogen) atoms. The van der Waals surface area contributed by atoms with E-state index >= 15 is 0 Å². The summed E-state index contributed by atoms with van der Waals surface area (Å²) >= 11 is 0. The minimum absolute atomic E-state index is 0.0652. The van der Waals surface area contributed by atoms with Gasteiger partial charge in [0.1, 0.15) is 0 Å². The van der Waals surface area contributed by atoms with Crippen molar-refractivity contribution in [2.24, 2.45) is 11.7 Å². The summed E-state index contributed by atoms with van der Waals surface area (Å²) in [6, 6.07) is 8.21. The van der Waals surface area contributed by atoms with E-state index in [1.54, 1.807) is 0 Å². The molecule has 1 aromatic rings. The zero-order valence-electron chi connectivity index (χ0n) is 12.1. The van der Waals surface area contributed by atoms with E-state index in [0.717, 1.165) is 19.3 Å². The van der Waals surface area contributed by atoms with Crippen LogP contribution in [0.3, 0.4) is 0 Å². The Morgan fingerprint density at radius 2 is 2.11 bits per heavy atom. The van der Waals surface area contributed by atoms with Crippen molar-refractivity contribution < 1.29 is 4.79 Å². The fourth-order valence-electron chi connectivity index (χ4n) is 2.96. The van der Waals surface area contributed by atoms with Gasteiger partial charge in [-0.1, -0.05) is 38.1 Å². The van der Waals surface area contributed by atoms with Gasteiger partial charge < -0.3 is 10.6 Å². The lowest BCUT2D eigenvalue weighted by atomic mass is 10.0. The van der Waals surface area contributed by atoms with E-state index in [9.17, 15) is 4.79 Å². The number of hydrogen-bond donors (Lipinski definition) is 1. The zero-order chi connectivity index (χ0) is 14.0. The van der Waals surface area contributed by atoms with Crippen LogP contribution in [0.25, 0.3) is 0 Å². The molecule has 1 aromatic carbocycles. The standard InChI is InChI=1S/C16H24N2O/c1-11(2)10-14(17)16(19)18(3)15-9-8-12-6-4-5-7-13(12)15/h4-7,11,14-15H,8-10,17H2,1-3H3. The Bertz CT molecular complexity index is 456. The summed E-state index contributed by atoms with van der Waals surface area (Å²) in [6.45, 7) is 4.19. The smallest absolute Gasteiger partial charge is 0.239 e. The number of fused-ring (bicyclic) bond motifs is 1. The third-order valence-electron chi connectivity index (χ3n) is 3.96. The molecule has 0 bridgehead atoms. The van der Waals surface area contributed by atoms with Crippen LogP contribution in [0.2, 0.25) is 0 Å². The molecule has 2 unspecified atom stereocenters. The number of benzene rings is 1. The van der Waals surface area contributed by atoms with Crippen LogP contribution in [-0.2, 0) is 11.2 Å². The van der Waals surface area contributed by atoms with Crippen LogP contribution in [-0.4, -0.2) is 23.9 Å². The Morgan fingerprint density at radius 3 is 2.79 bits per heavy atom. The maximum absolute atomic E-state index is 12.4.